The van der Waals surface area contributed by atoms with Gasteiger partial charge in [0.05, 0.1) is 11.8 Å². The molecule has 4 N–H and O–H groups in total. The number of aryl methyl sites for hydroxylation is 1. The lowest BCUT2D eigenvalue weighted by Gasteiger charge is -2.36. The standard InChI is InChI=1S/C34H49N5O9S/c1-9-20-12-11-13-22(16-20)35-30(43)47-23-17-25(39(19-23)28(41)26(32(3,4)5)36-31(44)48-33(6,7)8)27(40)37-34(18-21(34)10-2)29(42)38-49(45,46)24-14-15-24/h10-13,16,21,23-26H,2,9,14-15,17-19H2,1,3-8H3,(H,35,43)(H,36,44)(H,37,40)(H,38,42). The van der Waals surface area contributed by atoms with Gasteiger partial charge in [0.1, 0.15) is 29.3 Å². The summed E-state index contributed by atoms with van der Waals surface area (Å²) >= 11 is 0. The highest BCUT2D eigenvalue weighted by Gasteiger charge is 2.62. The fourth-order valence-electron chi connectivity index (χ4n) is 5.80. The van der Waals surface area contributed by atoms with Gasteiger partial charge in [-0.05, 0) is 69.6 Å². The van der Waals surface area contributed by atoms with Crippen molar-refractivity contribution in [2.75, 3.05) is 11.9 Å². The van der Waals surface area contributed by atoms with Crippen molar-refractivity contribution in [2.24, 2.45) is 11.3 Å². The lowest BCUT2D eigenvalue weighted by molar-refractivity contribution is -0.143. The van der Waals surface area contributed by atoms with E-state index < -0.39 is 85.8 Å². The van der Waals surface area contributed by atoms with E-state index >= 15 is 0 Å². The second-order valence-electron chi connectivity index (χ2n) is 15.1. The minimum absolute atomic E-state index is 0.110. The van der Waals surface area contributed by atoms with E-state index in [9.17, 15) is 32.4 Å². The van der Waals surface area contributed by atoms with E-state index in [0.29, 0.717) is 18.5 Å². The Kier molecular flexibility index (Phi) is 10.8. The first-order chi connectivity index (χ1) is 22.7. The van der Waals surface area contributed by atoms with Gasteiger partial charge in [0, 0.05) is 18.0 Å². The van der Waals surface area contributed by atoms with Crippen LogP contribution in [0.1, 0.15) is 79.7 Å². The van der Waals surface area contributed by atoms with E-state index in [1.54, 1.807) is 59.7 Å². The SMILES string of the molecule is C=CC1CC1(NC(=O)C1CC(OC(=O)Nc2cccc(CC)c2)CN1C(=O)C(NC(=O)OC(C)(C)C)C(C)(C)C)C(=O)NS(=O)(=O)C1CC1. The van der Waals surface area contributed by atoms with Crippen LogP contribution in [0.25, 0.3) is 0 Å². The summed E-state index contributed by atoms with van der Waals surface area (Å²) in [7, 11) is -3.91. The van der Waals surface area contributed by atoms with Gasteiger partial charge in [-0.3, -0.25) is 24.4 Å². The van der Waals surface area contributed by atoms with Gasteiger partial charge in [0.25, 0.3) is 5.91 Å². The molecule has 0 aromatic heterocycles. The molecule has 49 heavy (non-hydrogen) atoms. The molecule has 0 spiro atoms. The summed E-state index contributed by atoms with van der Waals surface area (Å²) in [6.45, 7) is 15.8. The number of carbonyl (C=O) groups excluding carboxylic acids is 5. The third-order valence-electron chi connectivity index (χ3n) is 8.73. The van der Waals surface area contributed by atoms with Crippen molar-refractivity contribution < 1.29 is 41.9 Å². The van der Waals surface area contributed by atoms with Crippen molar-refractivity contribution >= 4 is 45.6 Å². The summed E-state index contributed by atoms with van der Waals surface area (Å²) in [5.74, 6) is -2.81. The van der Waals surface area contributed by atoms with Gasteiger partial charge in [0.15, 0.2) is 0 Å². The van der Waals surface area contributed by atoms with Crippen molar-refractivity contribution in [2.45, 2.75) is 115 Å². The number of nitrogens with zero attached hydrogens (tertiary/aromatic N) is 1. The predicted molar refractivity (Wildman–Crippen MR) is 182 cm³/mol. The molecule has 15 heteroatoms. The number of hydrogen-bond donors (Lipinski definition) is 4. The third-order valence-corrected chi connectivity index (χ3v) is 10.5. The Labute approximate surface area is 288 Å². The number of nitrogens with one attached hydrogen (secondary N) is 4. The number of ether oxygens (including phenoxy) is 2. The molecule has 2 saturated carbocycles. The highest BCUT2D eigenvalue weighted by Crippen LogP contribution is 2.45. The second kappa shape index (κ2) is 14.0. The van der Waals surface area contributed by atoms with Gasteiger partial charge < -0.3 is 25.0 Å². The second-order valence-corrected chi connectivity index (χ2v) is 17.0. The number of anilines is 1. The molecule has 4 rings (SSSR count). The smallest absolute Gasteiger partial charge is 0.411 e. The third kappa shape index (κ3) is 9.31. The number of likely N-dealkylation sites (tertiary alicyclic amines) is 1. The molecule has 0 radical (unpaired) electrons. The van der Waals surface area contributed by atoms with Crippen molar-refractivity contribution in [1.29, 1.82) is 0 Å². The topological polar surface area (TPSA) is 189 Å². The average molecular weight is 704 g/mol. The minimum atomic E-state index is -3.91. The molecule has 2 aliphatic carbocycles. The Morgan fingerprint density at radius 2 is 1.76 bits per heavy atom. The molecular formula is C34H49N5O9S. The van der Waals surface area contributed by atoms with Crippen LogP contribution in [0.4, 0.5) is 15.3 Å². The summed E-state index contributed by atoms with van der Waals surface area (Å²) < 4.78 is 38.4. The Bertz CT molecular complexity index is 1600. The van der Waals surface area contributed by atoms with Crippen LogP contribution >= 0.6 is 0 Å². The molecule has 3 aliphatic rings. The van der Waals surface area contributed by atoms with Crippen molar-refractivity contribution in [3.05, 3.63) is 42.5 Å². The molecule has 1 aromatic carbocycles. The molecule has 1 saturated heterocycles. The number of rotatable bonds is 11. The van der Waals surface area contributed by atoms with Crippen molar-refractivity contribution in [3.63, 3.8) is 0 Å². The first-order valence-electron chi connectivity index (χ1n) is 16.6. The number of sulfonamides is 1. The van der Waals surface area contributed by atoms with Crippen LogP contribution in [0.5, 0.6) is 0 Å². The summed E-state index contributed by atoms with van der Waals surface area (Å²) in [4.78, 5) is 68.6. The van der Waals surface area contributed by atoms with Crippen LogP contribution in [0, 0.1) is 11.3 Å². The highest BCUT2D eigenvalue weighted by molar-refractivity contribution is 7.91. The Morgan fingerprint density at radius 1 is 1.08 bits per heavy atom. The average Bonchev–Trinajstić information content (AvgIpc) is 3.91. The molecule has 1 aliphatic heterocycles. The van der Waals surface area contributed by atoms with Gasteiger partial charge in [-0.15, -0.1) is 6.58 Å². The van der Waals surface area contributed by atoms with E-state index in [2.05, 4.69) is 27.3 Å². The van der Waals surface area contributed by atoms with Crippen molar-refractivity contribution in [3.8, 4) is 0 Å². The zero-order valence-electron chi connectivity index (χ0n) is 29.3. The zero-order valence-corrected chi connectivity index (χ0v) is 30.1. The highest BCUT2D eigenvalue weighted by atomic mass is 32.2. The molecule has 1 heterocycles. The number of alkyl carbamates (subject to hydrolysis) is 1. The maximum absolute atomic E-state index is 14.3. The van der Waals surface area contributed by atoms with Gasteiger partial charge in [-0.25, -0.2) is 18.0 Å². The maximum atomic E-state index is 14.3. The van der Waals surface area contributed by atoms with Gasteiger partial charge >= 0.3 is 12.2 Å². The first-order valence-corrected chi connectivity index (χ1v) is 18.1. The van der Waals surface area contributed by atoms with Crippen LogP contribution in [0.3, 0.4) is 0 Å². The van der Waals surface area contributed by atoms with Crippen LogP contribution in [0.15, 0.2) is 36.9 Å². The summed E-state index contributed by atoms with van der Waals surface area (Å²) in [6, 6.07) is 4.82. The monoisotopic (exact) mass is 703 g/mol. The molecular weight excluding hydrogens is 654 g/mol. The molecule has 270 valence electrons. The Hall–Kier alpha value is -4.14. The van der Waals surface area contributed by atoms with Gasteiger partial charge in [0.2, 0.25) is 21.8 Å². The number of hydrogen-bond acceptors (Lipinski definition) is 9. The number of amides is 5. The van der Waals surface area contributed by atoms with Crippen molar-refractivity contribution in [1.82, 2.24) is 20.3 Å². The summed E-state index contributed by atoms with van der Waals surface area (Å²) in [6.07, 6.45) is 0.527. The maximum Gasteiger partial charge on any atom is 0.411 e. The molecule has 5 unspecified atom stereocenters. The lowest BCUT2D eigenvalue weighted by atomic mass is 9.85. The van der Waals surface area contributed by atoms with Crippen LogP contribution in [-0.4, -0.2) is 84.3 Å². The lowest BCUT2D eigenvalue weighted by Crippen LogP contribution is -2.60. The number of benzene rings is 1. The summed E-state index contributed by atoms with van der Waals surface area (Å²) in [5.41, 5.74) is -1.77. The van der Waals surface area contributed by atoms with Crippen LogP contribution in [0.2, 0.25) is 0 Å². The number of carbonyl (C=O) groups is 5. The quantitative estimate of drug-likeness (QED) is 0.251. The van der Waals surface area contributed by atoms with Gasteiger partial charge in [-0.2, -0.15) is 0 Å². The fourth-order valence-corrected chi connectivity index (χ4v) is 7.17. The molecule has 5 amide bonds. The molecule has 14 nitrogen and oxygen atoms in total. The summed E-state index contributed by atoms with van der Waals surface area (Å²) in [5, 5.41) is 7.36. The van der Waals surface area contributed by atoms with E-state index in [0.717, 1.165) is 12.0 Å². The molecule has 1 aromatic rings. The largest absolute Gasteiger partial charge is 0.444 e. The molecule has 0 bridgehead atoms. The fraction of sp³-hybridized carbons (Fsp3) is 0.618. The van der Waals surface area contributed by atoms with Crippen LogP contribution < -0.4 is 20.7 Å². The molecule has 5 atom stereocenters. The Balaban J connectivity index is 1.58. The zero-order chi connectivity index (χ0) is 36.5. The molecule has 3 fully saturated rings. The van der Waals surface area contributed by atoms with E-state index in [1.165, 1.54) is 11.0 Å². The van der Waals surface area contributed by atoms with E-state index in [1.807, 2.05) is 13.0 Å². The Morgan fingerprint density at radius 3 is 2.31 bits per heavy atom. The van der Waals surface area contributed by atoms with E-state index in [4.69, 9.17) is 9.47 Å². The van der Waals surface area contributed by atoms with Crippen LogP contribution in [-0.2, 0) is 40.3 Å². The van der Waals surface area contributed by atoms with Gasteiger partial charge in [-0.1, -0.05) is 45.9 Å². The first kappa shape index (κ1) is 37.7. The predicted octanol–water partition coefficient (Wildman–Crippen LogP) is 3.38. The van der Waals surface area contributed by atoms with E-state index in [-0.39, 0.29) is 19.4 Å². The normalized spacial score (nSPS) is 24.2. The minimum Gasteiger partial charge on any atom is -0.444 e.